The van der Waals surface area contributed by atoms with E-state index in [2.05, 4.69) is 21.6 Å². The Kier molecular flexibility index (Phi) is 5.90. The average Bonchev–Trinajstić information content (AvgIpc) is 2.13. The Balaban J connectivity index is 3.96. The Bertz CT molecular complexity index is 270. The van der Waals surface area contributed by atoms with Gasteiger partial charge in [0.15, 0.2) is 0 Å². The van der Waals surface area contributed by atoms with Gasteiger partial charge in [0, 0.05) is 0 Å². The fourth-order valence-electron chi connectivity index (χ4n) is 0.799. The Labute approximate surface area is 88.5 Å². The molecule has 0 unspecified atom stereocenters. The van der Waals surface area contributed by atoms with E-state index in [0.29, 0.717) is 0 Å². The summed E-state index contributed by atoms with van der Waals surface area (Å²) >= 11 is 0. The lowest BCUT2D eigenvalue weighted by atomic mass is 10.1. The second-order valence-electron chi connectivity index (χ2n) is 3.19. The summed E-state index contributed by atoms with van der Waals surface area (Å²) < 4.78 is 0. The van der Waals surface area contributed by atoms with Crippen molar-refractivity contribution in [2.45, 2.75) is 19.9 Å². The largest absolute Gasteiger partial charge is 0.426 e. The van der Waals surface area contributed by atoms with Gasteiger partial charge in [0.05, 0.1) is 6.54 Å². The van der Waals surface area contributed by atoms with Crippen LogP contribution in [0.15, 0.2) is 0 Å². The van der Waals surface area contributed by atoms with Crippen molar-refractivity contribution < 1.29 is 14.4 Å². The molecule has 6 heteroatoms. The Morgan fingerprint density at radius 2 is 2.13 bits per heavy atom. The molecule has 0 aliphatic rings. The van der Waals surface area contributed by atoms with Crippen LogP contribution in [0.5, 0.6) is 0 Å². The predicted octanol–water partition coefficient (Wildman–Crippen LogP) is -0.640. The van der Waals surface area contributed by atoms with E-state index in [9.17, 15) is 9.59 Å². The number of hydrogen-bond donors (Lipinski definition) is 3. The highest BCUT2D eigenvalue weighted by molar-refractivity contribution is 5.80. The van der Waals surface area contributed by atoms with E-state index in [0.717, 1.165) is 0 Å². The van der Waals surface area contributed by atoms with E-state index in [1.54, 1.807) is 13.8 Å². The lowest BCUT2D eigenvalue weighted by molar-refractivity contribution is -0.123. The van der Waals surface area contributed by atoms with Crippen LogP contribution in [0.25, 0.3) is 0 Å². The van der Waals surface area contributed by atoms with Crippen LogP contribution in [-0.2, 0) is 9.63 Å². The molecule has 6 nitrogen and oxygen atoms in total. The highest BCUT2D eigenvalue weighted by Gasteiger charge is 2.20. The summed E-state index contributed by atoms with van der Waals surface area (Å²) in [5.41, 5.74) is 7.35. The number of nitrogens with two attached hydrogens (primary N) is 1. The van der Waals surface area contributed by atoms with Gasteiger partial charge in [-0.2, -0.15) is 0 Å². The molecule has 0 radical (unpaired) electrons. The average molecular weight is 213 g/mol. The molecule has 0 aromatic rings. The van der Waals surface area contributed by atoms with Crippen molar-refractivity contribution in [1.29, 1.82) is 0 Å². The molecule has 15 heavy (non-hydrogen) atoms. The molecule has 0 rings (SSSR count). The molecule has 0 aliphatic carbocycles. The number of hydrogen-bond acceptors (Lipinski definition) is 4. The summed E-state index contributed by atoms with van der Waals surface area (Å²) in [6, 6.07) is -0.721. The molecule has 0 saturated heterocycles. The fraction of sp³-hybridized carbons (Fsp3) is 0.556. The number of amides is 2. The van der Waals surface area contributed by atoms with Crippen LogP contribution in [0.2, 0.25) is 0 Å². The van der Waals surface area contributed by atoms with Crippen LogP contribution in [0.3, 0.4) is 0 Å². The predicted molar refractivity (Wildman–Crippen MR) is 54.3 cm³/mol. The van der Waals surface area contributed by atoms with Gasteiger partial charge in [0.1, 0.15) is 6.04 Å². The standard InChI is InChI=1S/C9H15N3O3/c1-4-5-11-9(14)15-12-7(6(2)3)8(10)13/h1,6-7,12H,5H2,2-3H3,(H2,10,13)(H,11,14)/t7-/m0/s1. The fourth-order valence-corrected chi connectivity index (χ4v) is 0.799. The summed E-state index contributed by atoms with van der Waals surface area (Å²) in [6.45, 7) is 3.60. The lowest BCUT2D eigenvalue weighted by Crippen LogP contribution is -2.47. The molecule has 0 aromatic carbocycles. The Morgan fingerprint density at radius 1 is 1.53 bits per heavy atom. The molecule has 1 atom stereocenters. The van der Waals surface area contributed by atoms with Crippen molar-refractivity contribution in [1.82, 2.24) is 10.8 Å². The van der Waals surface area contributed by atoms with E-state index < -0.39 is 18.0 Å². The molecule has 0 spiro atoms. The normalized spacial score (nSPS) is 11.6. The molecule has 0 aliphatic heterocycles. The zero-order valence-electron chi connectivity index (χ0n) is 8.74. The molecule has 2 amide bonds. The number of hydroxylamine groups is 1. The zero-order chi connectivity index (χ0) is 11.8. The summed E-state index contributed by atoms with van der Waals surface area (Å²) in [7, 11) is 0. The van der Waals surface area contributed by atoms with Crippen molar-refractivity contribution in [3.05, 3.63) is 0 Å². The number of carbonyl (C=O) groups excluding carboxylic acids is 2. The van der Waals surface area contributed by atoms with Crippen LogP contribution < -0.4 is 16.5 Å². The van der Waals surface area contributed by atoms with Gasteiger partial charge in [-0.3, -0.25) is 4.79 Å². The molecular weight excluding hydrogens is 198 g/mol. The van der Waals surface area contributed by atoms with Crippen molar-refractivity contribution in [3.8, 4) is 12.3 Å². The van der Waals surface area contributed by atoms with Crippen molar-refractivity contribution in [2.24, 2.45) is 11.7 Å². The number of terminal acetylenes is 1. The van der Waals surface area contributed by atoms with Crippen LogP contribution >= 0.6 is 0 Å². The second-order valence-corrected chi connectivity index (χ2v) is 3.19. The van der Waals surface area contributed by atoms with Gasteiger partial charge < -0.3 is 15.9 Å². The summed E-state index contributed by atoms with van der Waals surface area (Å²) in [5.74, 6) is 1.53. The third-order valence-corrected chi connectivity index (χ3v) is 1.59. The van der Waals surface area contributed by atoms with Gasteiger partial charge in [-0.1, -0.05) is 19.8 Å². The topological polar surface area (TPSA) is 93.4 Å². The van der Waals surface area contributed by atoms with Gasteiger partial charge in [-0.15, -0.1) is 11.9 Å². The third kappa shape index (κ3) is 5.54. The third-order valence-electron chi connectivity index (χ3n) is 1.59. The molecule has 84 valence electrons. The maximum Gasteiger partial charge on any atom is 0.426 e. The first-order valence-corrected chi connectivity index (χ1v) is 4.42. The second kappa shape index (κ2) is 6.68. The van der Waals surface area contributed by atoms with E-state index in [4.69, 9.17) is 12.2 Å². The van der Waals surface area contributed by atoms with Crippen molar-refractivity contribution in [2.75, 3.05) is 6.54 Å². The first-order chi connectivity index (χ1) is 6.99. The van der Waals surface area contributed by atoms with Gasteiger partial charge in [-0.25, -0.2) is 4.79 Å². The number of primary amides is 1. The number of carbonyl (C=O) groups is 2. The Hall–Kier alpha value is -1.74. The van der Waals surface area contributed by atoms with Gasteiger partial charge in [0.2, 0.25) is 5.91 Å². The Morgan fingerprint density at radius 3 is 2.53 bits per heavy atom. The summed E-state index contributed by atoms with van der Waals surface area (Å²) in [5, 5.41) is 2.25. The molecule has 0 saturated carbocycles. The molecular formula is C9H15N3O3. The first-order valence-electron chi connectivity index (χ1n) is 4.42. The van der Waals surface area contributed by atoms with E-state index in [-0.39, 0.29) is 12.5 Å². The maximum atomic E-state index is 10.9. The smallest absolute Gasteiger partial charge is 0.368 e. The van der Waals surface area contributed by atoms with Crippen LogP contribution in [-0.4, -0.2) is 24.6 Å². The molecule has 0 fully saturated rings. The quantitative estimate of drug-likeness (QED) is 0.418. The van der Waals surface area contributed by atoms with Gasteiger partial charge >= 0.3 is 6.09 Å². The first kappa shape index (κ1) is 13.3. The molecule has 0 aromatic heterocycles. The van der Waals surface area contributed by atoms with Crippen LogP contribution in [0.4, 0.5) is 4.79 Å². The lowest BCUT2D eigenvalue weighted by Gasteiger charge is -2.17. The summed E-state index contributed by atoms with van der Waals surface area (Å²) in [4.78, 5) is 26.3. The minimum Gasteiger partial charge on any atom is -0.368 e. The van der Waals surface area contributed by atoms with Crippen molar-refractivity contribution >= 4 is 12.0 Å². The molecule has 0 heterocycles. The summed E-state index contributed by atoms with van der Waals surface area (Å²) in [6.07, 6.45) is 4.16. The van der Waals surface area contributed by atoms with Crippen LogP contribution in [0, 0.1) is 18.3 Å². The van der Waals surface area contributed by atoms with Gasteiger partial charge in [-0.05, 0) is 5.92 Å². The number of rotatable bonds is 5. The van der Waals surface area contributed by atoms with E-state index >= 15 is 0 Å². The highest BCUT2D eigenvalue weighted by Crippen LogP contribution is 2.00. The van der Waals surface area contributed by atoms with Crippen LogP contribution in [0.1, 0.15) is 13.8 Å². The maximum absolute atomic E-state index is 10.9. The van der Waals surface area contributed by atoms with Crippen molar-refractivity contribution in [3.63, 3.8) is 0 Å². The number of nitrogens with one attached hydrogen (secondary N) is 2. The monoisotopic (exact) mass is 213 g/mol. The minimum atomic E-state index is -0.750. The highest BCUT2D eigenvalue weighted by atomic mass is 16.7. The van der Waals surface area contributed by atoms with E-state index in [1.165, 1.54) is 0 Å². The van der Waals surface area contributed by atoms with Gasteiger partial charge in [0.25, 0.3) is 0 Å². The molecule has 4 N–H and O–H groups in total. The molecule has 0 bridgehead atoms. The zero-order valence-corrected chi connectivity index (χ0v) is 8.74. The minimum absolute atomic E-state index is 0.0590. The SMILES string of the molecule is C#CCNC(=O)ON[C@H](C(N)=O)C(C)C. The van der Waals surface area contributed by atoms with E-state index in [1.807, 2.05) is 0 Å².